The van der Waals surface area contributed by atoms with E-state index < -0.39 is 0 Å². The van der Waals surface area contributed by atoms with E-state index in [1.165, 1.54) is 38.8 Å². The molecule has 0 aromatic rings. The topological polar surface area (TPSA) is 48.1 Å². The van der Waals surface area contributed by atoms with Crippen LogP contribution >= 0.6 is 0 Å². The molecule has 1 aliphatic carbocycles. The molecule has 0 aromatic carbocycles. The molecule has 1 rings (SSSR count). The van der Waals surface area contributed by atoms with Crippen molar-refractivity contribution in [3.8, 4) is 0 Å². The molecule has 2 atom stereocenters. The Bertz CT molecular complexity index is 189. The van der Waals surface area contributed by atoms with Crippen LogP contribution < -0.4 is 21.3 Å². The fraction of sp³-hybridized carbons (Fsp3) is 1.00. The van der Waals surface area contributed by atoms with Gasteiger partial charge in [-0.05, 0) is 89.9 Å². The Kier molecular flexibility index (Phi) is 11.2. The minimum Gasteiger partial charge on any atom is -0.317 e. The second-order valence-electron chi connectivity index (χ2n) is 5.92. The minimum atomic E-state index is 0.912. The molecule has 0 bridgehead atoms. The van der Waals surface area contributed by atoms with Gasteiger partial charge in [-0.1, -0.05) is 13.8 Å². The summed E-state index contributed by atoms with van der Waals surface area (Å²) in [6.07, 6.45) is 5.33. The second-order valence-corrected chi connectivity index (χ2v) is 5.92. The van der Waals surface area contributed by atoms with Crippen molar-refractivity contribution in [1.82, 2.24) is 21.3 Å². The third-order valence-corrected chi connectivity index (χ3v) is 4.30. The molecule has 4 nitrogen and oxygen atoms in total. The molecule has 0 radical (unpaired) electrons. The second kappa shape index (κ2) is 12.6. The smallest absolute Gasteiger partial charge is 0.00174 e. The van der Waals surface area contributed by atoms with Crippen molar-refractivity contribution in [1.29, 1.82) is 0 Å². The van der Waals surface area contributed by atoms with Crippen molar-refractivity contribution in [3.05, 3.63) is 0 Å². The van der Waals surface area contributed by atoms with Gasteiger partial charge in [0.15, 0.2) is 0 Å². The van der Waals surface area contributed by atoms with Crippen molar-refractivity contribution < 1.29 is 0 Å². The van der Waals surface area contributed by atoms with Crippen LogP contribution in [0.25, 0.3) is 0 Å². The maximum atomic E-state index is 3.62. The van der Waals surface area contributed by atoms with Gasteiger partial charge >= 0.3 is 0 Å². The Morgan fingerprint density at radius 1 is 0.650 bits per heavy atom. The SMILES string of the molecule is CCNCCCNC[C@H]1CC[C@H]1CNCCCNCC. The Balaban J connectivity index is 1.86. The molecular formula is C16H36N4. The predicted molar refractivity (Wildman–Crippen MR) is 88.3 cm³/mol. The summed E-state index contributed by atoms with van der Waals surface area (Å²) in [5.74, 6) is 1.82. The summed E-state index contributed by atoms with van der Waals surface area (Å²) in [5, 5.41) is 14.0. The zero-order valence-electron chi connectivity index (χ0n) is 13.6. The van der Waals surface area contributed by atoms with Gasteiger partial charge < -0.3 is 21.3 Å². The normalized spacial score (nSPS) is 21.9. The quantitative estimate of drug-likeness (QED) is 0.362. The summed E-state index contributed by atoms with van der Waals surface area (Å²) in [7, 11) is 0. The van der Waals surface area contributed by atoms with Crippen molar-refractivity contribution in [2.24, 2.45) is 11.8 Å². The predicted octanol–water partition coefficient (Wildman–Crippen LogP) is 1.19. The number of nitrogens with one attached hydrogen (secondary N) is 4. The molecule has 1 saturated carbocycles. The Morgan fingerprint density at radius 3 is 1.40 bits per heavy atom. The van der Waals surface area contributed by atoms with E-state index in [-0.39, 0.29) is 0 Å². The van der Waals surface area contributed by atoms with Crippen LogP contribution in [0.3, 0.4) is 0 Å². The highest BCUT2D eigenvalue weighted by Crippen LogP contribution is 2.32. The zero-order valence-corrected chi connectivity index (χ0v) is 13.6. The summed E-state index contributed by atoms with van der Waals surface area (Å²) < 4.78 is 0. The summed E-state index contributed by atoms with van der Waals surface area (Å²) >= 11 is 0. The molecule has 1 fully saturated rings. The summed E-state index contributed by atoms with van der Waals surface area (Å²) in [6.45, 7) is 13.5. The van der Waals surface area contributed by atoms with Crippen LogP contribution in [-0.4, -0.2) is 52.4 Å². The van der Waals surface area contributed by atoms with Crippen molar-refractivity contribution in [2.75, 3.05) is 52.4 Å². The Hall–Kier alpha value is -0.160. The van der Waals surface area contributed by atoms with Gasteiger partial charge in [0.25, 0.3) is 0 Å². The molecule has 0 saturated heterocycles. The van der Waals surface area contributed by atoms with Crippen LogP contribution in [0.2, 0.25) is 0 Å². The molecule has 120 valence electrons. The van der Waals surface area contributed by atoms with E-state index in [0.717, 1.165) is 51.1 Å². The van der Waals surface area contributed by atoms with Crippen LogP contribution in [-0.2, 0) is 0 Å². The maximum Gasteiger partial charge on any atom is -0.00174 e. The fourth-order valence-corrected chi connectivity index (χ4v) is 2.78. The summed E-state index contributed by atoms with van der Waals surface area (Å²) in [6, 6.07) is 0. The third kappa shape index (κ3) is 8.20. The van der Waals surface area contributed by atoms with Gasteiger partial charge in [-0.3, -0.25) is 0 Å². The molecule has 0 aliphatic heterocycles. The highest BCUT2D eigenvalue weighted by molar-refractivity contribution is 4.83. The average Bonchev–Trinajstić information content (AvgIpc) is 2.44. The first-order valence-electron chi connectivity index (χ1n) is 8.71. The van der Waals surface area contributed by atoms with Crippen LogP contribution in [0.5, 0.6) is 0 Å². The van der Waals surface area contributed by atoms with E-state index >= 15 is 0 Å². The molecular weight excluding hydrogens is 248 g/mol. The molecule has 0 unspecified atom stereocenters. The summed E-state index contributed by atoms with van der Waals surface area (Å²) in [5.41, 5.74) is 0. The van der Waals surface area contributed by atoms with Gasteiger partial charge in [0.1, 0.15) is 0 Å². The molecule has 0 aromatic heterocycles. The molecule has 0 heterocycles. The van der Waals surface area contributed by atoms with Crippen LogP contribution in [0.4, 0.5) is 0 Å². The van der Waals surface area contributed by atoms with E-state index in [4.69, 9.17) is 0 Å². The Labute approximate surface area is 125 Å². The number of rotatable bonds is 14. The van der Waals surface area contributed by atoms with Crippen LogP contribution in [0, 0.1) is 11.8 Å². The largest absolute Gasteiger partial charge is 0.317 e. The van der Waals surface area contributed by atoms with E-state index in [1.807, 2.05) is 0 Å². The zero-order chi connectivity index (χ0) is 14.5. The molecule has 4 heteroatoms. The van der Waals surface area contributed by atoms with E-state index in [9.17, 15) is 0 Å². The van der Waals surface area contributed by atoms with Gasteiger partial charge in [0.05, 0.1) is 0 Å². The van der Waals surface area contributed by atoms with Gasteiger partial charge in [-0.25, -0.2) is 0 Å². The molecule has 0 spiro atoms. The molecule has 20 heavy (non-hydrogen) atoms. The molecule has 1 aliphatic rings. The molecule has 0 amide bonds. The van der Waals surface area contributed by atoms with E-state index in [2.05, 4.69) is 35.1 Å². The highest BCUT2D eigenvalue weighted by atomic mass is 14.9. The van der Waals surface area contributed by atoms with Crippen LogP contribution in [0.15, 0.2) is 0 Å². The first kappa shape index (κ1) is 17.9. The maximum absolute atomic E-state index is 3.62. The van der Waals surface area contributed by atoms with E-state index in [0.29, 0.717) is 0 Å². The molecule has 4 N–H and O–H groups in total. The summed E-state index contributed by atoms with van der Waals surface area (Å²) in [4.78, 5) is 0. The lowest BCUT2D eigenvalue weighted by Gasteiger charge is -2.37. The lowest BCUT2D eigenvalue weighted by molar-refractivity contribution is 0.167. The lowest BCUT2D eigenvalue weighted by atomic mass is 9.73. The van der Waals surface area contributed by atoms with Crippen molar-refractivity contribution in [2.45, 2.75) is 39.5 Å². The first-order valence-corrected chi connectivity index (χ1v) is 8.71. The Morgan fingerprint density at radius 2 is 1.05 bits per heavy atom. The van der Waals surface area contributed by atoms with Gasteiger partial charge in [0, 0.05) is 0 Å². The first-order chi connectivity index (χ1) is 9.88. The minimum absolute atomic E-state index is 0.912. The average molecular weight is 284 g/mol. The highest BCUT2D eigenvalue weighted by Gasteiger charge is 2.29. The van der Waals surface area contributed by atoms with Crippen molar-refractivity contribution in [3.63, 3.8) is 0 Å². The van der Waals surface area contributed by atoms with Gasteiger partial charge in [-0.15, -0.1) is 0 Å². The van der Waals surface area contributed by atoms with Crippen molar-refractivity contribution >= 4 is 0 Å². The monoisotopic (exact) mass is 284 g/mol. The third-order valence-electron chi connectivity index (χ3n) is 4.30. The van der Waals surface area contributed by atoms with Gasteiger partial charge in [0.2, 0.25) is 0 Å². The van der Waals surface area contributed by atoms with E-state index in [1.54, 1.807) is 0 Å². The van der Waals surface area contributed by atoms with Crippen LogP contribution in [0.1, 0.15) is 39.5 Å². The standard InChI is InChI=1S/C16H36N4/c1-3-17-9-5-11-19-13-15-7-8-16(15)14-20-12-6-10-18-4-2/h15-20H,3-14H2,1-2H3/t15-,16+. The lowest BCUT2D eigenvalue weighted by Crippen LogP contribution is -2.41. The number of hydrogen-bond acceptors (Lipinski definition) is 4. The fourth-order valence-electron chi connectivity index (χ4n) is 2.78. The van der Waals surface area contributed by atoms with Gasteiger partial charge in [-0.2, -0.15) is 0 Å². The number of hydrogen-bond donors (Lipinski definition) is 4.